The van der Waals surface area contributed by atoms with Gasteiger partial charge >= 0.3 is 6.03 Å². The van der Waals surface area contributed by atoms with Gasteiger partial charge < -0.3 is 15.4 Å². The van der Waals surface area contributed by atoms with E-state index in [4.69, 9.17) is 4.74 Å². The lowest BCUT2D eigenvalue weighted by molar-refractivity contribution is 0.0644. The third-order valence-electron chi connectivity index (χ3n) is 3.28. The first kappa shape index (κ1) is 16.0. The van der Waals surface area contributed by atoms with Crippen LogP contribution in [0.1, 0.15) is 25.0 Å². The van der Waals surface area contributed by atoms with Crippen molar-refractivity contribution in [2.75, 3.05) is 18.5 Å². The highest BCUT2D eigenvalue weighted by atomic mass is 16.5. The lowest BCUT2D eigenvalue weighted by atomic mass is 10.1. The van der Waals surface area contributed by atoms with Crippen LogP contribution in [0.15, 0.2) is 60.7 Å². The summed E-state index contributed by atoms with van der Waals surface area (Å²) in [4.78, 5) is 11.7. The molecular formula is C18H22N2O2. The van der Waals surface area contributed by atoms with Crippen molar-refractivity contribution >= 4 is 11.7 Å². The minimum atomic E-state index is -0.192. The van der Waals surface area contributed by atoms with Gasteiger partial charge in [-0.1, -0.05) is 48.5 Å². The Morgan fingerprint density at radius 2 is 1.68 bits per heavy atom. The molecule has 2 amide bonds. The Morgan fingerprint density at radius 1 is 1.05 bits per heavy atom. The molecule has 4 nitrogen and oxygen atoms in total. The van der Waals surface area contributed by atoms with Crippen LogP contribution in [0.5, 0.6) is 0 Å². The zero-order valence-corrected chi connectivity index (χ0v) is 12.8. The molecule has 0 fully saturated rings. The second-order valence-electron chi connectivity index (χ2n) is 5.02. The van der Waals surface area contributed by atoms with E-state index in [0.29, 0.717) is 13.2 Å². The van der Waals surface area contributed by atoms with Crippen LogP contribution in [0.3, 0.4) is 0 Å². The fraction of sp³-hybridized carbons (Fsp3) is 0.278. The Hall–Kier alpha value is -2.33. The molecule has 2 rings (SSSR count). The molecule has 0 saturated heterocycles. The molecule has 0 spiro atoms. The lowest BCUT2D eigenvalue weighted by Crippen LogP contribution is -2.30. The topological polar surface area (TPSA) is 50.4 Å². The number of carbonyl (C=O) groups is 1. The molecule has 22 heavy (non-hydrogen) atoms. The number of nitrogens with one attached hydrogen (secondary N) is 2. The molecule has 0 saturated carbocycles. The normalized spacial score (nSPS) is 11.7. The van der Waals surface area contributed by atoms with Crippen molar-refractivity contribution in [1.82, 2.24) is 5.32 Å². The minimum absolute atomic E-state index is 0.0688. The first-order valence-corrected chi connectivity index (χ1v) is 7.52. The number of ether oxygens (including phenoxy) is 1. The predicted molar refractivity (Wildman–Crippen MR) is 88.9 cm³/mol. The van der Waals surface area contributed by atoms with Gasteiger partial charge in [-0.05, 0) is 31.0 Å². The van der Waals surface area contributed by atoms with E-state index in [-0.39, 0.29) is 12.1 Å². The summed E-state index contributed by atoms with van der Waals surface area (Å²) in [5, 5.41) is 5.59. The van der Waals surface area contributed by atoms with Crippen molar-refractivity contribution < 1.29 is 9.53 Å². The van der Waals surface area contributed by atoms with Gasteiger partial charge in [-0.2, -0.15) is 0 Å². The highest BCUT2D eigenvalue weighted by Gasteiger charge is 2.04. The van der Waals surface area contributed by atoms with Crippen LogP contribution in [0.4, 0.5) is 10.5 Å². The third kappa shape index (κ3) is 5.58. The number of para-hydroxylation sites is 1. The molecule has 0 heterocycles. The maximum atomic E-state index is 11.7. The van der Waals surface area contributed by atoms with Gasteiger partial charge in [-0.25, -0.2) is 4.79 Å². The summed E-state index contributed by atoms with van der Waals surface area (Å²) in [6.45, 7) is 3.23. The van der Waals surface area contributed by atoms with Gasteiger partial charge in [0, 0.05) is 18.8 Å². The second kappa shape index (κ2) is 8.85. The minimum Gasteiger partial charge on any atom is -0.374 e. The van der Waals surface area contributed by atoms with Gasteiger partial charge in [-0.3, -0.25) is 0 Å². The largest absolute Gasteiger partial charge is 0.374 e. The summed E-state index contributed by atoms with van der Waals surface area (Å²) in [6.07, 6.45) is 0.846. The lowest BCUT2D eigenvalue weighted by Gasteiger charge is -2.13. The summed E-state index contributed by atoms with van der Waals surface area (Å²) in [5.74, 6) is 0. The van der Waals surface area contributed by atoms with Crippen LogP contribution >= 0.6 is 0 Å². The van der Waals surface area contributed by atoms with Crippen molar-refractivity contribution in [3.8, 4) is 0 Å². The third-order valence-corrected chi connectivity index (χ3v) is 3.28. The number of anilines is 1. The molecule has 0 aliphatic rings. The average Bonchev–Trinajstić information content (AvgIpc) is 2.56. The number of hydrogen-bond acceptors (Lipinski definition) is 2. The Morgan fingerprint density at radius 3 is 2.36 bits per heavy atom. The van der Waals surface area contributed by atoms with Gasteiger partial charge in [-0.15, -0.1) is 0 Å². The van der Waals surface area contributed by atoms with Gasteiger partial charge in [0.1, 0.15) is 0 Å². The molecule has 0 aliphatic heterocycles. The van der Waals surface area contributed by atoms with Crippen molar-refractivity contribution in [2.24, 2.45) is 0 Å². The fourth-order valence-corrected chi connectivity index (χ4v) is 2.05. The molecule has 2 N–H and O–H groups in total. The fourth-order valence-electron chi connectivity index (χ4n) is 2.05. The van der Waals surface area contributed by atoms with Crippen LogP contribution < -0.4 is 10.6 Å². The number of rotatable bonds is 7. The SMILES string of the molecule is C[C@H](OCCCNC(=O)Nc1ccccc1)c1ccccc1. The maximum absolute atomic E-state index is 11.7. The van der Waals surface area contributed by atoms with E-state index >= 15 is 0 Å². The molecule has 0 unspecified atom stereocenters. The molecule has 0 aliphatic carbocycles. The molecule has 2 aromatic carbocycles. The molecule has 116 valence electrons. The maximum Gasteiger partial charge on any atom is 0.319 e. The molecule has 1 atom stereocenters. The van der Waals surface area contributed by atoms with Crippen molar-refractivity contribution in [3.05, 3.63) is 66.2 Å². The number of amides is 2. The van der Waals surface area contributed by atoms with Crippen LogP contribution in [-0.4, -0.2) is 19.2 Å². The molecule has 0 radical (unpaired) electrons. The number of hydrogen-bond donors (Lipinski definition) is 2. The van der Waals surface area contributed by atoms with Crippen LogP contribution in [0, 0.1) is 0 Å². The van der Waals surface area contributed by atoms with E-state index in [2.05, 4.69) is 22.8 Å². The van der Waals surface area contributed by atoms with E-state index in [1.807, 2.05) is 55.5 Å². The highest BCUT2D eigenvalue weighted by Crippen LogP contribution is 2.15. The standard InChI is InChI=1S/C18H22N2O2/c1-15(16-9-4-2-5-10-16)22-14-8-13-19-18(21)20-17-11-6-3-7-12-17/h2-7,9-12,15H,8,13-14H2,1H3,(H2,19,20,21)/t15-/m0/s1. The van der Waals surface area contributed by atoms with Crippen molar-refractivity contribution in [2.45, 2.75) is 19.4 Å². The summed E-state index contributed by atoms with van der Waals surface area (Å²) in [6, 6.07) is 19.3. The smallest absolute Gasteiger partial charge is 0.319 e. The molecule has 0 bridgehead atoms. The number of carbonyl (C=O) groups excluding carboxylic acids is 1. The van der Waals surface area contributed by atoms with Gasteiger partial charge in [0.05, 0.1) is 6.10 Å². The Bertz CT molecular complexity index is 558. The highest BCUT2D eigenvalue weighted by molar-refractivity contribution is 5.89. The summed E-state index contributed by atoms with van der Waals surface area (Å²) >= 11 is 0. The summed E-state index contributed by atoms with van der Waals surface area (Å²) in [7, 11) is 0. The Labute approximate surface area is 131 Å². The monoisotopic (exact) mass is 298 g/mol. The molecule has 2 aromatic rings. The van der Waals surface area contributed by atoms with Crippen LogP contribution in [0.25, 0.3) is 0 Å². The van der Waals surface area contributed by atoms with E-state index in [9.17, 15) is 4.79 Å². The molecule has 4 heteroatoms. The van der Waals surface area contributed by atoms with Gasteiger partial charge in [0.25, 0.3) is 0 Å². The predicted octanol–water partition coefficient (Wildman–Crippen LogP) is 3.98. The van der Waals surface area contributed by atoms with Gasteiger partial charge in [0.2, 0.25) is 0 Å². The number of benzene rings is 2. The zero-order valence-electron chi connectivity index (χ0n) is 12.8. The second-order valence-corrected chi connectivity index (χ2v) is 5.02. The molecule has 0 aromatic heterocycles. The van der Waals surface area contributed by atoms with E-state index in [1.165, 1.54) is 0 Å². The Balaban J connectivity index is 1.58. The van der Waals surface area contributed by atoms with E-state index < -0.39 is 0 Å². The summed E-state index contributed by atoms with van der Waals surface area (Å²) in [5.41, 5.74) is 1.95. The van der Waals surface area contributed by atoms with E-state index in [1.54, 1.807) is 0 Å². The number of urea groups is 1. The van der Waals surface area contributed by atoms with Crippen LogP contribution in [0.2, 0.25) is 0 Å². The zero-order chi connectivity index (χ0) is 15.6. The average molecular weight is 298 g/mol. The quantitative estimate of drug-likeness (QED) is 0.760. The van der Waals surface area contributed by atoms with E-state index in [0.717, 1.165) is 17.7 Å². The van der Waals surface area contributed by atoms with Crippen LogP contribution in [-0.2, 0) is 4.74 Å². The van der Waals surface area contributed by atoms with Crippen molar-refractivity contribution in [3.63, 3.8) is 0 Å². The first-order chi connectivity index (χ1) is 10.8. The first-order valence-electron chi connectivity index (χ1n) is 7.52. The summed E-state index contributed by atoms with van der Waals surface area (Å²) < 4.78 is 5.76. The molecular weight excluding hydrogens is 276 g/mol. The Kier molecular flexibility index (Phi) is 6.45. The van der Waals surface area contributed by atoms with Gasteiger partial charge in [0.15, 0.2) is 0 Å². The van der Waals surface area contributed by atoms with Crippen molar-refractivity contribution in [1.29, 1.82) is 0 Å².